The van der Waals surface area contributed by atoms with Gasteiger partial charge in [-0.1, -0.05) is 27.7 Å². The summed E-state index contributed by atoms with van der Waals surface area (Å²) in [5.74, 6) is 2.40. The SMILES string of the molecule is CC(CCO)CNCC1CCC(C(C)(C)C)CC1. The van der Waals surface area contributed by atoms with Gasteiger partial charge >= 0.3 is 0 Å². The standard InChI is InChI=1S/C16H33NO/c1-13(9-10-18)11-17-12-14-5-7-15(8-6-14)16(2,3)4/h13-15,17-18H,5-12H2,1-4H3. The maximum atomic E-state index is 8.86. The highest BCUT2D eigenvalue weighted by atomic mass is 16.3. The fourth-order valence-electron chi connectivity index (χ4n) is 3.09. The van der Waals surface area contributed by atoms with E-state index in [1.165, 1.54) is 32.2 Å². The molecule has 0 aliphatic heterocycles. The van der Waals surface area contributed by atoms with Gasteiger partial charge < -0.3 is 10.4 Å². The van der Waals surface area contributed by atoms with Gasteiger partial charge in [-0.3, -0.25) is 0 Å². The van der Waals surface area contributed by atoms with Crippen LogP contribution in [0.5, 0.6) is 0 Å². The monoisotopic (exact) mass is 255 g/mol. The predicted molar refractivity (Wildman–Crippen MR) is 78.6 cm³/mol. The molecule has 1 atom stereocenters. The second kappa shape index (κ2) is 7.49. The van der Waals surface area contributed by atoms with Crippen LogP contribution in [0.1, 0.15) is 59.8 Å². The first kappa shape index (κ1) is 16.0. The molecule has 0 aromatic rings. The van der Waals surface area contributed by atoms with Gasteiger partial charge in [0.1, 0.15) is 0 Å². The summed E-state index contributed by atoms with van der Waals surface area (Å²) < 4.78 is 0. The number of aliphatic hydroxyl groups excluding tert-OH is 1. The third-order valence-corrected chi connectivity index (χ3v) is 4.62. The van der Waals surface area contributed by atoms with Crippen LogP contribution >= 0.6 is 0 Å². The molecule has 2 nitrogen and oxygen atoms in total. The molecule has 2 N–H and O–H groups in total. The minimum atomic E-state index is 0.319. The summed E-state index contributed by atoms with van der Waals surface area (Å²) in [5, 5.41) is 12.4. The Labute approximate surface area is 114 Å². The number of hydrogen-bond acceptors (Lipinski definition) is 2. The molecule has 0 bridgehead atoms. The fourth-order valence-corrected chi connectivity index (χ4v) is 3.09. The van der Waals surface area contributed by atoms with Crippen LogP contribution in [0, 0.1) is 23.2 Å². The van der Waals surface area contributed by atoms with Crippen LogP contribution in [0.4, 0.5) is 0 Å². The molecule has 1 unspecified atom stereocenters. The average molecular weight is 255 g/mol. The summed E-state index contributed by atoms with van der Waals surface area (Å²) in [7, 11) is 0. The van der Waals surface area contributed by atoms with Crippen molar-refractivity contribution in [3.63, 3.8) is 0 Å². The Morgan fingerprint density at radius 1 is 1.17 bits per heavy atom. The highest BCUT2D eigenvalue weighted by Crippen LogP contribution is 2.39. The second-order valence-corrected chi connectivity index (χ2v) is 7.36. The first-order valence-corrected chi connectivity index (χ1v) is 7.75. The molecule has 0 aromatic heterocycles. The number of nitrogens with one attached hydrogen (secondary N) is 1. The van der Waals surface area contributed by atoms with Gasteiger partial charge in [0.15, 0.2) is 0 Å². The second-order valence-electron chi connectivity index (χ2n) is 7.36. The van der Waals surface area contributed by atoms with Crippen molar-refractivity contribution in [2.45, 2.75) is 59.8 Å². The van der Waals surface area contributed by atoms with Gasteiger partial charge in [0.2, 0.25) is 0 Å². The van der Waals surface area contributed by atoms with E-state index in [9.17, 15) is 0 Å². The summed E-state index contributed by atoms with van der Waals surface area (Å²) in [4.78, 5) is 0. The van der Waals surface area contributed by atoms with Crippen molar-refractivity contribution >= 4 is 0 Å². The van der Waals surface area contributed by atoms with Gasteiger partial charge in [-0.05, 0) is 68.4 Å². The van der Waals surface area contributed by atoms with E-state index in [0.29, 0.717) is 17.9 Å². The van der Waals surface area contributed by atoms with Crippen molar-refractivity contribution in [1.29, 1.82) is 0 Å². The van der Waals surface area contributed by atoms with Crippen LogP contribution in [0.25, 0.3) is 0 Å². The largest absolute Gasteiger partial charge is 0.396 e. The normalized spacial score (nSPS) is 27.2. The molecule has 0 aromatic carbocycles. The zero-order chi connectivity index (χ0) is 13.6. The van der Waals surface area contributed by atoms with E-state index in [1.54, 1.807) is 0 Å². The smallest absolute Gasteiger partial charge is 0.0434 e. The Hall–Kier alpha value is -0.0800. The molecule has 0 spiro atoms. The zero-order valence-electron chi connectivity index (χ0n) is 12.8. The highest BCUT2D eigenvalue weighted by Gasteiger charge is 2.29. The van der Waals surface area contributed by atoms with Crippen molar-refractivity contribution in [1.82, 2.24) is 5.32 Å². The molecule has 108 valence electrons. The molecule has 2 heteroatoms. The van der Waals surface area contributed by atoms with Crippen LogP contribution in [-0.4, -0.2) is 24.8 Å². The lowest BCUT2D eigenvalue weighted by Crippen LogP contribution is -2.32. The lowest BCUT2D eigenvalue weighted by molar-refractivity contribution is 0.148. The number of rotatable bonds is 6. The molecule has 0 radical (unpaired) electrons. The highest BCUT2D eigenvalue weighted by molar-refractivity contribution is 4.81. The Kier molecular flexibility index (Phi) is 6.65. The number of hydrogen-bond donors (Lipinski definition) is 2. The van der Waals surface area contributed by atoms with Crippen molar-refractivity contribution in [3.05, 3.63) is 0 Å². The Morgan fingerprint density at radius 2 is 1.78 bits per heavy atom. The van der Waals surface area contributed by atoms with Gasteiger partial charge in [0, 0.05) is 6.61 Å². The summed E-state index contributed by atoms with van der Waals surface area (Å²) in [6.07, 6.45) is 6.51. The van der Waals surface area contributed by atoms with Gasteiger partial charge in [0.05, 0.1) is 0 Å². The van der Waals surface area contributed by atoms with Gasteiger partial charge in [-0.2, -0.15) is 0 Å². The first-order chi connectivity index (χ1) is 8.43. The molecule has 0 saturated heterocycles. The molecule has 1 fully saturated rings. The molecule has 1 saturated carbocycles. The molecule has 0 amide bonds. The minimum absolute atomic E-state index is 0.319. The topological polar surface area (TPSA) is 32.3 Å². The summed E-state index contributed by atoms with van der Waals surface area (Å²) >= 11 is 0. The van der Waals surface area contributed by atoms with Gasteiger partial charge in [-0.15, -0.1) is 0 Å². The van der Waals surface area contributed by atoms with Crippen molar-refractivity contribution in [3.8, 4) is 0 Å². The van der Waals surface area contributed by atoms with Crippen molar-refractivity contribution in [2.24, 2.45) is 23.2 Å². The quantitative estimate of drug-likeness (QED) is 0.762. The zero-order valence-corrected chi connectivity index (χ0v) is 12.8. The maximum Gasteiger partial charge on any atom is 0.0434 e. The fraction of sp³-hybridized carbons (Fsp3) is 1.00. The van der Waals surface area contributed by atoms with Crippen LogP contribution in [0.3, 0.4) is 0 Å². The number of aliphatic hydroxyl groups is 1. The Morgan fingerprint density at radius 3 is 2.28 bits per heavy atom. The third-order valence-electron chi connectivity index (χ3n) is 4.62. The van der Waals surface area contributed by atoms with Crippen molar-refractivity contribution in [2.75, 3.05) is 19.7 Å². The van der Waals surface area contributed by atoms with Gasteiger partial charge in [0.25, 0.3) is 0 Å². The van der Waals surface area contributed by atoms with Crippen LogP contribution < -0.4 is 5.32 Å². The molecular formula is C16H33NO. The van der Waals surface area contributed by atoms with E-state index in [4.69, 9.17) is 5.11 Å². The lowest BCUT2D eigenvalue weighted by Gasteiger charge is -2.37. The van der Waals surface area contributed by atoms with E-state index in [2.05, 4.69) is 33.0 Å². The molecular weight excluding hydrogens is 222 g/mol. The predicted octanol–water partition coefficient (Wildman–Crippen LogP) is 3.45. The average Bonchev–Trinajstić information content (AvgIpc) is 2.29. The van der Waals surface area contributed by atoms with E-state index in [1.807, 2.05) is 0 Å². The van der Waals surface area contributed by atoms with Crippen LogP contribution in [0.15, 0.2) is 0 Å². The summed E-state index contributed by atoms with van der Waals surface area (Å²) in [5.41, 5.74) is 0.494. The third kappa shape index (κ3) is 5.71. The first-order valence-electron chi connectivity index (χ1n) is 7.75. The Balaban J connectivity index is 2.13. The molecule has 1 aliphatic carbocycles. The summed E-state index contributed by atoms with van der Waals surface area (Å²) in [6.45, 7) is 11.9. The van der Waals surface area contributed by atoms with Crippen LogP contribution in [-0.2, 0) is 0 Å². The molecule has 1 rings (SSSR count). The van der Waals surface area contributed by atoms with E-state index in [-0.39, 0.29) is 0 Å². The van der Waals surface area contributed by atoms with Crippen LogP contribution in [0.2, 0.25) is 0 Å². The Bertz CT molecular complexity index is 214. The molecule has 1 aliphatic rings. The van der Waals surface area contributed by atoms with E-state index in [0.717, 1.165) is 24.8 Å². The molecule has 0 heterocycles. The van der Waals surface area contributed by atoms with E-state index >= 15 is 0 Å². The maximum absolute atomic E-state index is 8.86. The van der Waals surface area contributed by atoms with E-state index < -0.39 is 0 Å². The molecule has 18 heavy (non-hydrogen) atoms. The minimum Gasteiger partial charge on any atom is -0.396 e. The van der Waals surface area contributed by atoms with Crippen molar-refractivity contribution < 1.29 is 5.11 Å². The lowest BCUT2D eigenvalue weighted by atomic mass is 9.70. The summed E-state index contributed by atoms with van der Waals surface area (Å²) in [6, 6.07) is 0. The van der Waals surface area contributed by atoms with Gasteiger partial charge in [-0.25, -0.2) is 0 Å².